The molecule has 0 spiro atoms. The van der Waals surface area contributed by atoms with Crippen molar-refractivity contribution >= 4 is 25.5 Å². The summed E-state index contributed by atoms with van der Waals surface area (Å²) in [7, 11) is 1.01. The number of nitrogens with zero attached hydrogens (tertiary/aromatic N) is 4. The molecule has 2 aliphatic heterocycles. The fourth-order valence-corrected chi connectivity index (χ4v) is 4.68. The molecule has 176 valence electrons. The molecule has 1 fully saturated rings. The molecule has 2 aliphatic rings. The van der Waals surface area contributed by atoms with Gasteiger partial charge in [0.1, 0.15) is 12.5 Å². The van der Waals surface area contributed by atoms with E-state index in [-0.39, 0.29) is 24.6 Å². The molecule has 0 radical (unpaired) electrons. The Morgan fingerprint density at radius 2 is 1.97 bits per heavy atom. The maximum absolute atomic E-state index is 13.1. The van der Waals surface area contributed by atoms with E-state index < -0.39 is 8.07 Å². The molecular weight excluding hydrogens is 418 g/mol. The predicted molar refractivity (Wildman–Crippen MR) is 135 cm³/mol. The molecule has 2 unspecified atom stereocenters. The number of hydrogen-bond acceptors (Lipinski definition) is 6. The van der Waals surface area contributed by atoms with Crippen LogP contribution >= 0.6 is 0 Å². The standard InChI is InChI=1S/C24H39N5O2Si/c1-19-9-10-29(18-31-15-16-32(4,5)6)24(30)23(19)20(2)26-22-8-7-21(17-25-22)28-13-11-27(3)12-14-28/h7-10,17,20,23H,1,11-16,18H2,2-6H3,(H,25,26). The molecule has 7 nitrogen and oxygen atoms in total. The third-order valence-electron chi connectivity index (χ3n) is 6.14. The van der Waals surface area contributed by atoms with Crippen LogP contribution in [0.15, 0.2) is 42.8 Å². The number of allylic oxidation sites excluding steroid dienone is 1. The number of likely N-dealkylation sites (N-methyl/N-ethyl adjacent to an activating group) is 1. The van der Waals surface area contributed by atoms with Gasteiger partial charge < -0.3 is 19.9 Å². The van der Waals surface area contributed by atoms with E-state index in [0.29, 0.717) is 6.61 Å². The van der Waals surface area contributed by atoms with Gasteiger partial charge in [-0.2, -0.15) is 0 Å². The van der Waals surface area contributed by atoms with Crippen LogP contribution in [0.25, 0.3) is 0 Å². The highest BCUT2D eigenvalue weighted by atomic mass is 28.3. The Morgan fingerprint density at radius 3 is 2.59 bits per heavy atom. The van der Waals surface area contributed by atoms with Gasteiger partial charge in [-0.15, -0.1) is 0 Å². The lowest BCUT2D eigenvalue weighted by Crippen LogP contribution is -2.44. The van der Waals surface area contributed by atoms with E-state index >= 15 is 0 Å². The fourth-order valence-electron chi connectivity index (χ4n) is 3.92. The van der Waals surface area contributed by atoms with Gasteiger partial charge in [0.05, 0.1) is 17.8 Å². The number of carbonyl (C=O) groups excluding carboxylic acids is 1. The predicted octanol–water partition coefficient (Wildman–Crippen LogP) is 3.47. The summed E-state index contributed by atoms with van der Waals surface area (Å²) in [6.45, 7) is 18.2. The van der Waals surface area contributed by atoms with Crippen molar-refractivity contribution in [3.05, 3.63) is 42.8 Å². The van der Waals surface area contributed by atoms with Crippen LogP contribution < -0.4 is 10.2 Å². The number of amides is 1. The van der Waals surface area contributed by atoms with E-state index in [9.17, 15) is 4.79 Å². The summed E-state index contributed by atoms with van der Waals surface area (Å²) < 4.78 is 5.80. The summed E-state index contributed by atoms with van der Waals surface area (Å²) in [6, 6.07) is 5.05. The Hall–Kier alpha value is -2.16. The first-order valence-electron chi connectivity index (χ1n) is 11.6. The van der Waals surface area contributed by atoms with Crippen molar-refractivity contribution in [2.24, 2.45) is 5.92 Å². The van der Waals surface area contributed by atoms with E-state index in [0.717, 1.165) is 49.3 Å². The summed E-state index contributed by atoms with van der Waals surface area (Å²) in [5, 5.41) is 3.40. The lowest BCUT2D eigenvalue weighted by molar-refractivity contribution is -0.136. The third-order valence-corrected chi connectivity index (χ3v) is 7.84. The number of anilines is 2. The molecule has 1 aromatic heterocycles. The monoisotopic (exact) mass is 457 g/mol. The van der Waals surface area contributed by atoms with Gasteiger partial charge in [0, 0.05) is 53.1 Å². The van der Waals surface area contributed by atoms with Crippen molar-refractivity contribution < 1.29 is 9.53 Å². The Balaban J connectivity index is 1.55. The zero-order valence-corrected chi connectivity index (χ0v) is 21.3. The molecule has 2 atom stereocenters. The van der Waals surface area contributed by atoms with E-state index in [1.807, 2.05) is 25.3 Å². The van der Waals surface area contributed by atoms with Gasteiger partial charge in [0.15, 0.2) is 0 Å². The van der Waals surface area contributed by atoms with E-state index in [2.05, 4.69) is 59.4 Å². The Kier molecular flexibility index (Phi) is 8.14. The molecule has 3 heterocycles. The number of carbonyl (C=O) groups is 1. The van der Waals surface area contributed by atoms with Crippen LogP contribution in [0.4, 0.5) is 11.5 Å². The van der Waals surface area contributed by atoms with Crippen LogP contribution in [0, 0.1) is 5.92 Å². The quantitative estimate of drug-likeness (QED) is 0.453. The minimum Gasteiger partial charge on any atom is -0.368 e. The Labute approximate surface area is 194 Å². The molecule has 0 bridgehead atoms. The van der Waals surface area contributed by atoms with Crippen LogP contribution in [-0.4, -0.2) is 81.4 Å². The van der Waals surface area contributed by atoms with Gasteiger partial charge in [0.2, 0.25) is 5.91 Å². The molecule has 32 heavy (non-hydrogen) atoms. The Bertz CT molecular complexity index is 813. The smallest absolute Gasteiger partial charge is 0.238 e. The number of aromatic nitrogens is 1. The molecule has 0 saturated carbocycles. The minimum atomic E-state index is -1.15. The highest BCUT2D eigenvalue weighted by molar-refractivity contribution is 6.76. The van der Waals surface area contributed by atoms with Gasteiger partial charge in [-0.3, -0.25) is 9.69 Å². The molecule has 8 heteroatoms. The maximum atomic E-state index is 13.1. The SMILES string of the molecule is C=C1C=CN(COCC[Si](C)(C)C)C(=O)C1C(C)Nc1ccc(N2CCN(C)CC2)cn1. The molecular formula is C24H39N5O2Si. The number of rotatable bonds is 9. The fraction of sp³-hybridized carbons (Fsp3) is 0.583. The summed E-state index contributed by atoms with van der Waals surface area (Å²) >= 11 is 0. The van der Waals surface area contributed by atoms with Gasteiger partial charge in [-0.25, -0.2) is 4.98 Å². The van der Waals surface area contributed by atoms with Crippen LogP contribution in [0.2, 0.25) is 25.7 Å². The summed E-state index contributed by atoms with van der Waals surface area (Å²) in [6.07, 6.45) is 5.61. The largest absolute Gasteiger partial charge is 0.368 e. The summed E-state index contributed by atoms with van der Waals surface area (Å²) in [5.74, 6) is 0.433. The van der Waals surface area contributed by atoms with Crippen LogP contribution in [0.1, 0.15) is 6.92 Å². The zero-order valence-electron chi connectivity index (χ0n) is 20.3. The van der Waals surface area contributed by atoms with E-state index in [1.165, 1.54) is 0 Å². The topological polar surface area (TPSA) is 60.9 Å². The number of piperazine rings is 1. The average molecular weight is 458 g/mol. The lowest BCUT2D eigenvalue weighted by atomic mass is 9.89. The minimum absolute atomic E-state index is 0.0135. The first kappa shape index (κ1) is 24.5. The van der Waals surface area contributed by atoms with Crippen LogP contribution in [0.5, 0.6) is 0 Å². The van der Waals surface area contributed by atoms with Gasteiger partial charge in [-0.1, -0.05) is 26.2 Å². The summed E-state index contributed by atoms with van der Waals surface area (Å²) in [5.41, 5.74) is 1.95. The van der Waals surface area contributed by atoms with Gasteiger partial charge in [0.25, 0.3) is 0 Å². The maximum Gasteiger partial charge on any atom is 0.238 e. The number of pyridine rings is 1. The molecule has 0 aliphatic carbocycles. The third kappa shape index (κ3) is 6.67. The molecule has 3 rings (SSSR count). The van der Waals surface area contributed by atoms with Crippen molar-refractivity contribution in [2.45, 2.75) is 38.7 Å². The van der Waals surface area contributed by atoms with Crippen LogP contribution in [-0.2, 0) is 9.53 Å². The van der Waals surface area contributed by atoms with Gasteiger partial charge >= 0.3 is 0 Å². The van der Waals surface area contributed by atoms with Crippen molar-refractivity contribution in [3.8, 4) is 0 Å². The zero-order chi connectivity index (χ0) is 23.3. The van der Waals surface area contributed by atoms with Crippen molar-refractivity contribution in [1.82, 2.24) is 14.8 Å². The number of ether oxygens (including phenoxy) is 1. The second-order valence-corrected chi connectivity index (χ2v) is 15.8. The summed E-state index contributed by atoms with van der Waals surface area (Å²) in [4.78, 5) is 24.1. The molecule has 1 aromatic rings. The molecule has 0 aromatic carbocycles. The number of hydrogen-bond donors (Lipinski definition) is 1. The van der Waals surface area contributed by atoms with Crippen LogP contribution in [0.3, 0.4) is 0 Å². The molecule has 1 saturated heterocycles. The van der Waals surface area contributed by atoms with Gasteiger partial charge in [-0.05, 0) is 43.8 Å². The average Bonchev–Trinajstić information content (AvgIpc) is 2.73. The second kappa shape index (κ2) is 10.6. The van der Waals surface area contributed by atoms with Crippen molar-refractivity contribution in [1.29, 1.82) is 0 Å². The van der Waals surface area contributed by atoms with Crippen molar-refractivity contribution in [3.63, 3.8) is 0 Å². The highest BCUT2D eigenvalue weighted by Gasteiger charge is 2.33. The lowest BCUT2D eigenvalue weighted by Gasteiger charge is -2.34. The number of nitrogens with one attached hydrogen (secondary N) is 1. The Morgan fingerprint density at radius 1 is 1.25 bits per heavy atom. The van der Waals surface area contributed by atoms with E-state index in [1.54, 1.807) is 11.1 Å². The first-order valence-corrected chi connectivity index (χ1v) is 15.3. The highest BCUT2D eigenvalue weighted by Crippen LogP contribution is 2.26. The normalized spacial score (nSPS) is 21.2. The molecule has 1 N–H and O–H groups in total. The van der Waals surface area contributed by atoms with Crippen molar-refractivity contribution in [2.75, 3.05) is 56.8 Å². The molecule has 1 amide bonds. The van der Waals surface area contributed by atoms with E-state index in [4.69, 9.17) is 4.74 Å². The second-order valence-electron chi connectivity index (χ2n) is 10.1. The first-order chi connectivity index (χ1) is 15.1.